The minimum absolute atomic E-state index is 0.0382. The van der Waals surface area contributed by atoms with E-state index in [9.17, 15) is 9.59 Å². The van der Waals surface area contributed by atoms with E-state index in [0.29, 0.717) is 41.2 Å². The first kappa shape index (κ1) is 25.5. The van der Waals surface area contributed by atoms with Crippen molar-refractivity contribution in [3.8, 4) is 11.4 Å². The Labute approximate surface area is 202 Å². The van der Waals surface area contributed by atoms with E-state index in [4.69, 9.17) is 9.72 Å². The number of hydrogen-bond donors (Lipinski definition) is 0. The zero-order valence-corrected chi connectivity index (χ0v) is 21.5. The Kier molecular flexibility index (Phi) is 7.80. The van der Waals surface area contributed by atoms with Gasteiger partial charge in [-0.1, -0.05) is 52.0 Å². The first-order valence-corrected chi connectivity index (χ1v) is 12.0. The molecule has 0 saturated heterocycles. The van der Waals surface area contributed by atoms with Gasteiger partial charge < -0.3 is 9.64 Å². The van der Waals surface area contributed by atoms with Gasteiger partial charge in [-0.25, -0.2) is 4.98 Å². The summed E-state index contributed by atoms with van der Waals surface area (Å²) in [6, 6.07) is 14.3. The van der Waals surface area contributed by atoms with Crippen molar-refractivity contribution in [1.29, 1.82) is 0 Å². The Morgan fingerprint density at radius 1 is 1.09 bits per heavy atom. The van der Waals surface area contributed by atoms with Crippen LogP contribution >= 0.6 is 0 Å². The van der Waals surface area contributed by atoms with E-state index in [1.807, 2.05) is 56.3 Å². The lowest BCUT2D eigenvalue weighted by Crippen LogP contribution is -2.35. The van der Waals surface area contributed by atoms with E-state index >= 15 is 0 Å². The summed E-state index contributed by atoms with van der Waals surface area (Å²) in [7, 11) is 1.79. The summed E-state index contributed by atoms with van der Waals surface area (Å²) >= 11 is 0. The molecule has 0 fully saturated rings. The van der Waals surface area contributed by atoms with E-state index < -0.39 is 6.04 Å². The van der Waals surface area contributed by atoms with Gasteiger partial charge in [0.2, 0.25) is 5.91 Å². The highest BCUT2D eigenvalue weighted by atomic mass is 16.5. The van der Waals surface area contributed by atoms with Crippen LogP contribution in [-0.4, -0.2) is 34.0 Å². The Hall–Kier alpha value is -3.15. The topological polar surface area (TPSA) is 64.4 Å². The Morgan fingerprint density at radius 2 is 1.74 bits per heavy atom. The van der Waals surface area contributed by atoms with Crippen molar-refractivity contribution in [2.45, 2.75) is 60.4 Å². The van der Waals surface area contributed by atoms with Gasteiger partial charge in [0.15, 0.2) is 0 Å². The van der Waals surface area contributed by atoms with Gasteiger partial charge in [-0.2, -0.15) is 0 Å². The largest absolute Gasteiger partial charge is 0.492 e. The maximum atomic E-state index is 13.7. The average Bonchev–Trinajstić information content (AvgIpc) is 2.77. The normalized spacial score (nSPS) is 13.5. The van der Waals surface area contributed by atoms with E-state index in [1.165, 1.54) is 0 Å². The molecule has 0 bridgehead atoms. The zero-order valence-electron chi connectivity index (χ0n) is 21.5. The number of hydrogen-bond acceptors (Lipinski definition) is 4. The van der Waals surface area contributed by atoms with Gasteiger partial charge >= 0.3 is 0 Å². The molecule has 0 spiro atoms. The quantitative estimate of drug-likeness (QED) is 0.426. The maximum Gasteiger partial charge on any atom is 0.266 e. The van der Waals surface area contributed by atoms with Crippen LogP contribution in [-0.2, 0) is 4.79 Å². The van der Waals surface area contributed by atoms with Gasteiger partial charge in [0, 0.05) is 13.5 Å². The summed E-state index contributed by atoms with van der Waals surface area (Å²) in [5.74, 6) is 1.41. The number of para-hydroxylation sites is 3. The Morgan fingerprint density at radius 3 is 2.41 bits per heavy atom. The zero-order chi connectivity index (χ0) is 25.0. The fourth-order valence-corrected chi connectivity index (χ4v) is 4.53. The number of ether oxygens (including phenoxy) is 1. The van der Waals surface area contributed by atoms with Gasteiger partial charge in [-0.05, 0) is 55.9 Å². The predicted octanol–water partition coefficient (Wildman–Crippen LogP) is 5.77. The molecule has 1 amide bonds. The molecule has 2 unspecified atom stereocenters. The van der Waals surface area contributed by atoms with Crippen molar-refractivity contribution >= 4 is 16.8 Å². The van der Waals surface area contributed by atoms with Crippen LogP contribution in [0.4, 0.5) is 0 Å². The molecule has 0 N–H and O–H groups in total. The first-order valence-electron chi connectivity index (χ1n) is 12.0. The van der Waals surface area contributed by atoms with Crippen LogP contribution < -0.4 is 10.3 Å². The van der Waals surface area contributed by atoms with Crippen LogP contribution in [0.1, 0.15) is 66.3 Å². The summed E-state index contributed by atoms with van der Waals surface area (Å²) in [5, 5.41) is 0.525. The third-order valence-corrected chi connectivity index (χ3v) is 6.04. The van der Waals surface area contributed by atoms with Crippen LogP contribution in [0.25, 0.3) is 16.6 Å². The molecule has 6 nitrogen and oxygen atoms in total. The van der Waals surface area contributed by atoms with Gasteiger partial charge in [-0.15, -0.1) is 0 Å². The lowest BCUT2D eigenvalue weighted by Gasteiger charge is -2.29. The molecule has 0 aliphatic heterocycles. The highest BCUT2D eigenvalue weighted by Crippen LogP contribution is 2.29. The molecule has 2 atom stereocenters. The predicted molar refractivity (Wildman–Crippen MR) is 138 cm³/mol. The SMILES string of the molecule is CCOc1ccccc1-n1c(C(C)N(C)C(=O)CC(C)CC(C)(C)C)nc2ccccc2c1=O. The van der Waals surface area contributed by atoms with Gasteiger partial charge in [0.25, 0.3) is 5.56 Å². The second kappa shape index (κ2) is 10.4. The molecule has 182 valence electrons. The van der Waals surface area contributed by atoms with Crippen LogP contribution in [0.3, 0.4) is 0 Å². The second-order valence-corrected chi connectivity index (χ2v) is 10.3. The molecule has 34 heavy (non-hydrogen) atoms. The molecular weight excluding hydrogens is 426 g/mol. The van der Waals surface area contributed by atoms with E-state index in [-0.39, 0.29) is 22.8 Å². The summed E-state index contributed by atoms with van der Waals surface area (Å²) in [5.41, 5.74) is 1.21. The molecule has 1 aromatic heterocycles. The average molecular weight is 464 g/mol. The molecule has 2 aromatic carbocycles. The van der Waals surface area contributed by atoms with Crippen molar-refractivity contribution in [2.75, 3.05) is 13.7 Å². The second-order valence-electron chi connectivity index (χ2n) is 10.3. The number of nitrogens with zero attached hydrogens (tertiary/aromatic N) is 3. The number of rotatable bonds is 8. The van der Waals surface area contributed by atoms with Gasteiger partial charge in [-0.3, -0.25) is 14.2 Å². The van der Waals surface area contributed by atoms with Crippen molar-refractivity contribution in [1.82, 2.24) is 14.5 Å². The minimum atomic E-state index is -0.415. The molecule has 0 saturated carbocycles. The van der Waals surface area contributed by atoms with Gasteiger partial charge in [0.05, 0.1) is 29.2 Å². The van der Waals surface area contributed by atoms with Crippen molar-refractivity contribution in [3.63, 3.8) is 0 Å². The maximum absolute atomic E-state index is 13.7. The molecule has 0 aliphatic rings. The van der Waals surface area contributed by atoms with Crippen LogP contribution in [0, 0.1) is 11.3 Å². The molecule has 3 rings (SSSR count). The molecule has 0 aliphatic carbocycles. The highest BCUT2D eigenvalue weighted by molar-refractivity contribution is 5.79. The minimum Gasteiger partial charge on any atom is -0.492 e. The van der Waals surface area contributed by atoms with Crippen molar-refractivity contribution in [3.05, 3.63) is 64.7 Å². The summed E-state index contributed by atoms with van der Waals surface area (Å²) in [4.78, 5) is 33.5. The number of benzene rings is 2. The molecule has 6 heteroatoms. The number of carbonyl (C=O) groups is 1. The third-order valence-electron chi connectivity index (χ3n) is 6.04. The molecule has 0 radical (unpaired) electrons. The van der Waals surface area contributed by atoms with Crippen molar-refractivity contribution in [2.24, 2.45) is 11.3 Å². The summed E-state index contributed by atoms with van der Waals surface area (Å²) < 4.78 is 7.43. The van der Waals surface area contributed by atoms with Crippen LogP contribution in [0.2, 0.25) is 0 Å². The third kappa shape index (κ3) is 5.66. The Balaban J connectivity index is 2.08. The standard InChI is InChI=1S/C28H37N3O3/c1-8-34-24-16-12-11-15-23(24)31-26(29-22-14-10-9-13-21(22)27(31)33)20(3)30(7)25(32)17-19(2)18-28(4,5)6/h9-16,19-20H,8,17-18H2,1-7H3. The van der Waals surface area contributed by atoms with Crippen molar-refractivity contribution < 1.29 is 9.53 Å². The number of fused-ring (bicyclic) bond motifs is 1. The summed E-state index contributed by atoms with van der Waals surface area (Å²) in [6.45, 7) is 13.0. The highest BCUT2D eigenvalue weighted by Gasteiger charge is 2.27. The molecule has 3 aromatic rings. The van der Waals surface area contributed by atoms with E-state index in [1.54, 1.807) is 22.6 Å². The van der Waals surface area contributed by atoms with E-state index in [0.717, 1.165) is 6.42 Å². The number of amides is 1. The lowest BCUT2D eigenvalue weighted by molar-refractivity contribution is -0.133. The monoisotopic (exact) mass is 463 g/mol. The molecular formula is C28H37N3O3. The fourth-order valence-electron chi connectivity index (χ4n) is 4.53. The van der Waals surface area contributed by atoms with Crippen LogP contribution in [0.15, 0.2) is 53.3 Å². The number of carbonyl (C=O) groups excluding carboxylic acids is 1. The van der Waals surface area contributed by atoms with Crippen LogP contribution in [0.5, 0.6) is 5.75 Å². The first-order chi connectivity index (χ1) is 16.0. The fraction of sp³-hybridized carbons (Fsp3) is 0.464. The lowest BCUT2D eigenvalue weighted by atomic mass is 9.84. The summed E-state index contributed by atoms with van der Waals surface area (Å²) in [6.07, 6.45) is 1.41. The number of aromatic nitrogens is 2. The van der Waals surface area contributed by atoms with Gasteiger partial charge in [0.1, 0.15) is 11.6 Å². The van der Waals surface area contributed by atoms with E-state index in [2.05, 4.69) is 27.7 Å². The smallest absolute Gasteiger partial charge is 0.266 e. The Bertz CT molecular complexity index is 1210. The molecule has 1 heterocycles.